The molecule has 0 saturated heterocycles. The van der Waals surface area contributed by atoms with Crippen LogP contribution in [-0.2, 0) is 0 Å². The van der Waals surface area contributed by atoms with Crippen molar-refractivity contribution in [3.63, 3.8) is 0 Å². The molecule has 1 nitrogen and oxygen atoms in total. The predicted molar refractivity (Wildman–Crippen MR) is 60.8 cm³/mol. The molecule has 0 fully saturated rings. The molecule has 13 heavy (non-hydrogen) atoms. The minimum absolute atomic E-state index is 0.830. The third-order valence-corrected chi connectivity index (χ3v) is 2.36. The second-order valence-corrected chi connectivity index (χ2v) is 3.82. The maximum Gasteiger partial charge on any atom is 0.0197 e. The first-order chi connectivity index (χ1) is 6.24. The number of nitrogens with zero attached hydrogens (tertiary/aromatic N) is 1. The zero-order valence-corrected chi connectivity index (χ0v) is 9.71. The molecular weight excluding hydrogens is 158 g/mol. The van der Waals surface area contributed by atoms with Crippen LogP contribution in [0.3, 0.4) is 0 Å². The molecule has 1 atom stereocenters. The predicted octanol–water partition coefficient (Wildman–Crippen LogP) is 3.67. The highest BCUT2D eigenvalue weighted by Gasteiger charge is 2.04. The summed E-state index contributed by atoms with van der Waals surface area (Å²) in [5.41, 5.74) is 0. The molecule has 0 amide bonds. The Kier molecular flexibility index (Phi) is 7.86. The molecule has 0 N–H and O–H groups in total. The summed E-state index contributed by atoms with van der Waals surface area (Å²) in [4.78, 5) is 2.39. The van der Waals surface area contributed by atoms with Crippen LogP contribution < -0.4 is 0 Å². The van der Waals surface area contributed by atoms with E-state index in [0.717, 1.165) is 12.5 Å². The van der Waals surface area contributed by atoms with Gasteiger partial charge >= 0.3 is 0 Å². The van der Waals surface area contributed by atoms with E-state index in [1.165, 1.54) is 25.8 Å². The average molecular weight is 183 g/mol. The van der Waals surface area contributed by atoms with Crippen LogP contribution in [0.2, 0.25) is 0 Å². The van der Waals surface area contributed by atoms with E-state index in [0.29, 0.717) is 0 Å². The quantitative estimate of drug-likeness (QED) is 0.582. The molecule has 1 heteroatoms. The fourth-order valence-corrected chi connectivity index (χ4v) is 1.55. The number of hydrogen-bond acceptors (Lipinski definition) is 1. The van der Waals surface area contributed by atoms with Gasteiger partial charge in [-0.3, -0.25) is 0 Å². The first-order valence-electron chi connectivity index (χ1n) is 5.61. The van der Waals surface area contributed by atoms with Gasteiger partial charge in [-0.2, -0.15) is 0 Å². The Morgan fingerprint density at radius 2 is 2.00 bits per heavy atom. The minimum Gasteiger partial charge on any atom is -0.378 e. The summed E-state index contributed by atoms with van der Waals surface area (Å²) in [5, 5.41) is 0. The normalized spacial score (nSPS) is 13.5. The van der Waals surface area contributed by atoms with Crippen LogP contribution in [0.15, 0.2) is 12.3 Å². The summed E-state index contributed by atoms with van der Waals surface area (Å²) in [6.45, 7) is 11.2. The highest BCUT2D eigenvalue weighted by atomic mass is 15.1. The number of unbranched alkanes of at least 4 members (excludes halogenated alkanes) is 1. The molecule has 0 spiro atoms. The molecule has 0 rings (SSSR count). The van der Waals surface area contributed by atoms with Crippen molar-refractivity contribution in [2.75, 3.05) is 13.1 Å². The summed E-state index contributed by atoms with van der Waals surface area (Å²) in [6, 6.07) is 0. The highest BCUT2D eigenvalue weighted by molar-refractivity contribution is 4.78. The van der Waals surface area contributed by atoms with Gasteiger partial charge in [-0.1, -0.05) is 32.8 Å². The monoisotopic (exact) mass is 183 g/mol. The smallest absolute Gasteiger partial charge is 0.0197 e. The van der Waals surface area contributed by atoms with Gasteiger partial charge in [0.1, 0.15) is 0 Å². The van der Waals surface area contributed by atoms with Crippen LogP contribution in [0.1, 0.15) is 47.0 Å². The average Bonchev–Trinajstić information content (AvgIpc) is 2.14. The molecule has 0 aromatic carbocycles. The van der Waals surface area contributed by atoms with Crippen LogP contribution in [0.25, 0.3) is 0 Å². The summed E-state index contributed by atoms with van der Waals surface area (Å²) in [7, 11) is 0. The van der Waals surface area contributed by atoms with E-state index in [1.54, 1.807) is 0 Å². The molecule has 1 unspecified atom stereocenters. The zero-order valence-electron chi connectivity index (χ0n) is 9.71. The maximum atomic E-state index is 2.39. The molecule has 0 heterocycles. The Morgan fingerprint density at radius 1 is 1.31 bits per heavy atom. The molecular formula is C12H25N. The third-order valence-electron chi connectivity index (χ3n) is 2.36. The molecule has 0 saturated carbocycles. The topological polar surface area (TPSA) is 3.24 Å². The number of allylic oxidation sites excluding steroid dienone is 1. The van der Waals surface area contributed by atoms with E-state index in [2.05, 4.69) is 44.9 Å². The van der Waals surface area contributed by atoms with E-state index in [1.807, 2.05) is 0 Å². The lowest BCUT2D eigenvalue weighted by molar-refractivity contribution is 0.317. The molecule has 78 valence electrons. The fourth-order valence-electron chi connectivity index (χ4n) is 1.55. The molecule has 0 aromatic heterocycles. The Morgan fingerprint density at radius 3 is 2.46 bits per heavy atom. The lowest BCUT2D eigenvalue weighted by atomic mass is 10.0. The van der Waals surface area contributed by atoms with Crippen LogP contribution >= 0.6 is 0 Å². The summed E-state index contributed by atoms with van der Waals surface area (Å²) >= 11 is 0. The Hall–Kier alpha value is -0.460. The Labute approximate surface area is 83.8 Å². The molecule has 0 radical (unpaired) electrons. The largest absolute Gasteiger partial charge is 0.378 e. The lowest BCUT2D eigenvalue weighted by Crippen LogP contribution is -2.23. The van der Waals surface area contributed by atoms with Gasteiger partial charge in [0, 0.05) is 13.1 Å². The lowest BCUT2D eigenvalue weighted by Gasteiger charge is -2.22. The van der Waals surface area contributed by atoms with E-state index in [-0.39, 0.29) is 0 Å². The van der Waals surface area contributed by atoms with Gasteiger partial charge in [-0.05, 0) is 32.4 Å². The van der Waals surface area contributed by atoms with Gasteiger partial charge in [0.2, 0.25) is 0 Å². The number of hydrogen-bond donors (Lipinski definition) is 0. The van der Waals surface area contributed by atoms with Crippen molar-refractivity contribution in [3.8, 4) is 0 Å². The van der Waals surface area contributed by atoms with Gasteiger partial charge < -0.3 is 4.90 Å². The maximum absolute atomic E-state index is 2.39. The van der Waals surface area contributed by atoms with Crippen molar-refractivity contribution in [2.24, 2.45) is 5.92 Å². The van der Waals surface area contributed by atoms with Crippen molar-refractivity contribution in [1.29, 1.82) is 0 Å². The fraction of sp³-hybridized carbons (Fsp3) is 0.833. The molecule has 0 bridgehead atoms. The zero-order chi connectivity index (χ0) is 10.1. The first kappa shape index (κ1) is 12.5. The van der Waals surface area contributed by atoms with E-state index in [4.69, 9.17) is 0 Å². The highest BCUT2D eigenvalue weighted by Crippen LogP contribution is 2.09. The first-order valence-corrected chi connectivity index (χ1v) is 5.61. The van der Waals surface area contributed by atoms with Gasteiger partial charge in [0.25, 0.3) is 0 Å². The minimum atomic E-state index is 0.830. The van der Waals surface area contributed by atoms with Gasteiger partial charge in [0.05, 0.1) is 0 Å². The Bertz CT molecular complexity index is 129. The van der Waals surface area contributed by atoms with Crippen molar-refractivity contribution in [3.05, 3.63) is 12.3 Å². The Balaban J connectivity index is 3.65. The van der Waals surface area contributed by atoms with Crippen molar-refractivity contribution < 1.29 is 0 Å². The molecule has 0 aliphatic heterocycles. The summed E-state index contributed by atoms with van der Waals surface area (Å²) in [6.07, 6.45) is 8.37. The second kappa shape index (κ2) is 8.15. The second-order valence-electron chi connectivity index (χ2n) is 3.82. The van der Waals surface area contributed by atoms with Gasteiger partial charge in [0.15, 0.2) is 0 Å². The van der Waals surface area contributed by atoms with Crippen LogP contribution in [0.4, 0.5) is 0 Å². The van der Waals surface area contributed by atoms with Crippen LogP contribution in [-0.4, -0.2) is 18.0 Å². The third kappa shape index (κ3) is 6.68. The van der Waals surface area contributed by atoms with E-state index >= 15 is 0 Å². The van der Waals surface area contributed by atoms with Crippen molar-refractivity contribution in [2.45, 2.75) is 47.0 Å². The molecule has 0 aliphatic carbocycles. The number of rotatable bonds is 7. The van der Waals surface area contributed by atoms with Gasteiger partial charge in [-0.25, -0.2) is 0 Å². The van der Waals surface area contributed by atoms with Gasteiger partial charge in [-0.15, -0.1) is 0 Å². The summed E-state index contributed by atoms with van der Waals surface area (Å²) in [5.74, 6) is 0.830. The standard InChI is InChI=1S/C12H25N/c1-5-8-9-12(4)11-13(7-3)10-6-2/h6,10,12H,5,7-9,11H2,1-4H3. The van der Waals surface area contributed by atoms with Crippen LogP contribution in [0.5, 0.6) is 0 Å². The molecule has 0 aromatic rings. The van der Waals surface area contributed by atoms with Crippen LogP contribution in [0, 0.1) is 5.92 Å². The van der Waals surface area contributed by atoms with Crippen molar-refractivity contribution in [1.82, 2.24) is 4.90 Å². The summed E-state index contributed by atoms with van der Waals surface area (Å²) < 4.78 is 0. The molecule has 0 aliphatic rings. The van der Waals surface area contributed by atoms with E-state index < -0.39 is 0 Å². The SMILES string of the molecule is CC=CN(CC)CC(C)CCCC. The van der Waals surface area contributed by atoms with Crippen molar-refractivity contribution >= 4 is 0 Å². The van der Waals surface area contributed by atoms with E-state index in [9.17, 15) is 0 Å².